The normalized spacial score (nSPS) is 14.7. The largest absolute Gasteiger partial charge is 0.497 e. The Morgan fingerprint density at radius 1 is 1.20 bits per heavy atom. The van der Waals surface area contributed by atoms with E-state index in [1.165, 1.54) is 0 Å². The number of carbonyl (C=O) groups is 1. The lowest BCUT2D eigenvalue weighted by molar-refractivity contribution is 0.0954. The number of nitrogens with one attached hydrogen (secondary N) is 2. The maximum atomic E-state index is 12.2. The maximum Gasteiger partial charge on any atom is 0.251 e. The van der Waals surface area contributed by atoms with Crippen LogP contribution in [0.3, 0.4) is 0 Å². The van der Waals surface area contributed by atoms with E-state index in [4.69, 9.17) is 9.26 Å². The number of benzene rings is 1. The van der Waals surface area contributed by atoms with Crippen molar-refractivity contribution < 1.29 is 14.1 Å². The molecule has 0 aliphatic carbocycles. The fraction of sp³-hybridized carbons (Fsp3) is 0.450. The number of amides is 1. The van der Waals surface area contributed by atoms with Crippen molar-refractivity contribution in [1.82, 2.24) is 25.6 Å². The van der Waals surface area contributed by atoms with Crippen LogP contribution in [0.2, 0.25) is 0 Å². The molecular formula is C20H29IN6O3. The second-order valence-corrected chi connectivity index (χ2v) is 6.72. The van der Waals surface area contributed by atoms with Gasteiger partial charge in [-0.3, -0.25) is 14.7 Å². The number of ether oxygens (including phenoxy) is 1. The summed E-state index contributed by atoms with van der Waals surface area (Å²) in [6.45, 7) is 5.52. The van der Waals surface area contributed by atoms with Gasteiger partial charge in [0.05, 0.1) is 12.8 Å². The summed E-state index contributed by atoms with van der Waals surface area (Å²) in [5, 5.41) is 10.2. The summed E-state index contributed by atoms with van der Waals surface area (Å²) in [4.78, 5) is 21.2. The molecule has 1 fully saturated rings. The summed E-state index contributed by atoms with van der Waals surface area (Å²) in [6.07, 6.45) is 1.60. The third-order valence-electron chi connectivity index (χ3n) is 4.79. The van der Waals surface area contributed by atoms with E-state index < -0.39 is 0 Å². The summed E-state index contributed by atoms with van der Waals surface area (Å²) in [5.41, 5.74) is 1.53. The monoisotopic (exact) mass is 528 g/mol. The molecule has 2 aromatic rings. The zero-order valence-corrected chi connectivity index (χ0v) is 19.7. The molecule has 164 valence electrons. The lowest BCUT2D eigenvalue weighted by Gasteiger charge is -2.36. The van der Waals surface area contributed by atoms with Gasteiger partial charge < -0.3 is 24.8 Å². The van der Waals surface area contributed by atoms with Crippen LogP contribution < -0.4 is 15.4 Å². The molecule has 9 nitrogen and oxygen atoms in total. The van der Waals surface area contributed by atoms with Crippen molar-refractivity contribution in [2.75, 3.05) is 53.4 Å². The molecule has 0 bridgehead atoms. The van der Waals surface area contributed by atoms with E-state index in [0.717, 1.165) is 44.4 Å². The van der Waals surface area contributed by atoms with E-state index >= 15 is 0 Å². The summed E-state index contributed by atoms with van der Waals surface area (Å²) >= 11 is 0. The first-order valence-electron chi connectivity index (χ1n) is 9.69. The van der Waals surface area contributed by atoms with Crippen LogP contribution in [0.15, 0.2) is 46.1 Å². The Balaban J connectivity index is 0.00000320. The van der Waals surface area contributed by atoms with Crippen molar-refractivity contribution >= 4 is 35.8 Å². The summed E-state index contributed by atoms with van der Waals surface area (Å²) in [5.74, 6) is 1.39. The zero-order valence-electron chi connectivity index (χ0n) is 17.3. The molecule has 0 atom stereocenters. The van der Waals surface area contributed by atoms with Crippen LogP contribution in [-0.2, 0) is 6.54 Å². The number of guanidine groups is 1. The van der Waals surface area contributed by atoms with Crippen molar-refractivity contribution in [3.63, 3.8) is 0 Å². The highest BCUT2D eigenvalue weighted by molar-refractivity contribution is 14.0. The molecule has 0 radical (unpaired) electrons. The molecule has 1 aliphatic rings. The number of rotatable bonds is 7. The minimum absolute atomic E-state index is 0. The van der Waals surface area contributed by atoms with Crippen LogP contribution >= 0.6 is 24.0 Å². The van der Waals surface area contributed by atoms with Gasteiger partial charge in [0, 0.05) is 64.5 Å². The summed E-state index contributed by atoms with van der Waals surface area (Å²) in [7, 11) is 3.36. The van der Waals surface area contributed by atoms with E-state index in [0.29, 0.717) is 24.4 Å². The minimum Gasteiger partial charge on any atom is -0.497 e. The van der Waals surface area contributed by atoms with Gasteiger partial charge in [0.1, 0.15) is 12.0 Å². The number of halogens is 1. The average Bonchev–Trinajstić information content (AvgIpc) is 3.27. The molecule has 10 heteroatoms. The number of piperazine rings is 1. The molecule has 1 aromatic carbocycles. The highest BCUT2D eigenvalue weighted by Crippen LogP contribution is 2.12. The third kappa shape index (κ3) is 6.87. The number of aliphatic imine (C=N–C) groups is 1. The average molecular weight is 528 g/mol. The van der Waals surface area contributed by atoms with Crippen LogP contribution in [-0.4, -0.2) is 80.2 Å². The Kier molecular flexibility index (Phi) is 9.87. The fourth-order valence-electron chi connectivity index (χ4n) is 3.21. The molecule has 1 saturated heterocycles. The highest BCUT2D eigenvalue weighted by Gasteiger charge is 2.20. The number of methoxy groups -OCH3 is 1. The van der Waals surface area contributed by atoms with Crippen LogP contribution in [0, 0.1) is 0 Å². The van der Waals surface area contributed by atoms with Gasteiger partial charge in [-0.15, -0.1) is 24.0 Å². The number of nitrogens with zero attached hydrogens (tertiary/aromatic N) is 4. The van der Waals surface area contributed by atoms with Gasteiger partial charge in [-0.2, -0.15) is 0 Å². The van der Waals surface area contributed by atoms with Gasteiger partial charge in [-0.05, 0) is 18.2 Å². The van der Waals surface area contributed by atoms with Gasteiger partial charge in [-0.1, -0.05) is 11.2 Å². The van der Waals surface area contributed by atoms with Gasteiger partial charge in [-0.25, -0.2) is 0 Å². The predicted molar refractivity (Wildman–Crippen MR) is 125 cm³/mol. The van der Waals surface area contributed by atoms with E-state index in [1.54, 1.807) is 38.6 Å². The van der Waals surface area contributed by atoms with Gasteiger partial charge in [0.15, 0.2) is 5.96 Å². The van der Waals surface area contributed by atoms with Crippen LogP contribution in [0.25, 0.3) is 0 Å². The Labute approximate surface area is 193 Å². The lowest BCUT2D eigenvalue weighted by Crippen LogP contribution is -2.53. The van der Waals surface area contributed by atoms with Crippen LogP contribution in [0.5, 0.6) is 5.75 Å². The van der Waals surface area contributed by atoms with Crippen molar-refractivity contribution in [3.8, 4) is 5.75 Å². The Morgan fingerprint density at radius 3 is 2.63 bits per heavy atom. The quantitative estimate of drug-likeness (QED) is 0.243. The van der Waals surface area contributed by atoms with Gasteiger partial charge in [0.2, 0.25) is 0 Å². The third-order valence-corrected chi connectivity index (χ3v) is 4.79. The first kappa shape index (κ1) is 23.9. The molecule has 1 aromatic heterocycles. The Hall–Kier alpha value is -2.34. The Bertz CT molecular complexity index is 807. The van der Waals surface area contributed by atoms with Gasteiger partial charge in [0.25, 0.3) is 5.91 Å². The standard InChI is InChI=1S/C20H28N6O3.HI/c1-21-20(26-11-9-25(10-12-26)15-17-6-13-29-24-17)23-8-7-22-19(27)16-4-3-5-18(14-16)28-2;/h3-6,13-14H,7-12,15H2,1-2H3,(H,21,23)(H,22,27);1H. The first-order valence-corrected chi connectivity index (χ1v) is 9.69. The number of carbonyl (C=O) groups excluding carboxylic acids is 1. The van der Waals surface area contributed by atoms with Crippen molar-refractivity contribution in [2.45, 2.75) is 6.54 Å². The van der Waals surface area contributed by atoms with Crippen LogP contribution in [0.1, 0.15) is 16.1 Å². The van der Waals surface area contributed by atoms with E-state index in [9.17, 15) is 4.79 Å². The summed E-state index contributed by atoms with van der Waals surface area (Å²) < 4.78 is 10.0. The maximum absolute atomic E-state index is 12.2. The minimum atomic E-state index is -0.123. The molecular weight excluding hydrogens is 499 g/mol. The number of hydrogen-bond acceptors (Lipinski definition) is 6. The topological polar surface area (TPSA) is 95.2 Å². The number of aromatic nitrogens is 1. The summed E-state index contributed by atoms with van der Waals surface area (Å²) in [6, 6.07) is 9.00. The SMILES string of the molecule is CN=C(NCCNC(=O)c1cccc(OC)c1)N1CCN(Cc2ccon2)CC1.I. The van der Waals surface area contributed by atoms with E-state index in [2.05, 4.69) is 30.6 Å². The first-order chi connectivity index (χ1) is 14.2. The molecule has 1 aliphatic heterocycles. The smallest absolute Gasteiger partial charge is 0.251 e. The second-order valence-electron chi connectivity index (χ2n) is 6.72. The predicted octanol–water partition coefficient (Wildman–Crippen LogP) is 1.42. The molecule has 0 saturated carbocycles. The molecule has 3 rings (SSSR count). The molecule has 0 spiro atoms. The van der Waals surface area contributed by atoms with Crippen molar-refractivity contribution in [3.05, 3.63) is 47.9 Å². The molecule has 0 unspecified atom stereocenters. The van der Waals surface area contributed by atoms with E-state index in [-0.39, 0.29) is 29.9 Å². The molecule has 30 heavy (non-hydrogen) atoms. The fourth-order valence-corrected chi connectivity index (χ4v) is 3.21. The van der Waals surface area contributed by atoms with Crippen LogP contribution in [0.4, 0.5) is 0 Å². The van der Waals surface area contributed by atoms with Crippen molar-refractivity contribution in [1.29, 1.82) is 0 Å². The zero-order chi connectivity index (χ0) is 20.5. The molecule has 2 N–H and O–H groups in total. The van der Waals surface area contributed by atoms with Gasteiger partial charge >= 0.3 is 0 Å². The highest BCUT2D eigenvalue weighted by atomic mass is 127. The second kappa shape index (κ2) is 12.4. The van der Waals surface area contributed by atoms with Crippen molar-refractivity contribution in [2.24, 2.45) is 4.99 Å². The van der Waals surface area contributed by atoms with E-state index in [1.807, 2.05) is 12.1 Å². The Morgan fingerprint density at radius 2 is 1.97 bits per heavy atom. The lowest BCUT2D eigenvalue weighted by atomic mass is 10.2. The molecule has 1 amide bonds. The molecule has 2 heterocycles. The number of hydrogen-bond donors (Lipinski definition) is 2.